The van der Waals surface area contributed by atoms with Crippen LogP contribution in [0.1, 0.15) is 42.6 Å². The molecule has 158 valence electrons. The Kier molecular flexibility index (Phi) is 5.87. The van der Waals surface area contributed by atoms with Gasteiger partial charge in [0.25, 0.3) is 0 Å². The average Bonchev–Trinajstić information content (AvgIpc) is 3.24. The van der Waals surface area contributed by atoms with Crippen molar-refractivity contribution < 1.29 is 18.0 Å². The van der Waals surface area contributed by atoms with Gasteiger partial charge in [0.1, 0.15) is 0 Å². The Morgan fingerprint density at radius 3 is 2.23 bits per heavy atom. The lowest BCUT2D eigenvalue weighted by Crippen LogP contribution is -2.10. The highest BCUT2D eigenvalue weighted by Crippen LogP contribution is 2.34. The Bertz CT molecular complexity index is 1190. The van der Waals surface area contributed by atoms with E-state index in [4.69, 9.17) is 5.73 Å². The summed E-state index contributed by atoms with van der Waals surface area (Å²) in [6.45, 7) is 4.36. The summed E-state index contributed by atoms with van der Waals surface area (Å²) >= 11 is 0. The number of rotatable bonds is 3. The molecule has 0 saturated heterocycles. The second-order valence-corrected chi connectivity index (χ2v) is 7.00. The highest BCUT2D eigenvalue weighted by atomic mass is 19.4. The maximum Gasteiger partial charge on any atom is 0.416 e. The van der Waals surface area contributed by atoms with Crippen LogP contribution in [-0.4, -0.2) is 20.0 Å². The van der Waals surface area contributed by atoms with Crippen molar-refractivity contribution in [3.8, 4) is 5.69 Å². The molecule has 1 amide bonds. The van der Waals surface area contributed by atoms with Crippen molar-refractivity contribution in [1.82, 2.24) is 14.1 Å². The second-order valence-electron chi connectivity index (χ2n) is 7.00. The zero-order valence-electron chi connectivity index (χ0n) is 17.0. The predicted molar refractivity (Wildman–Crippen MR) is 112 cm³/mol. The van der Waals surface area contributed by atoms with Crippen molar-refractivity contribution in [2.45, 2.75) is 32.9 Å². The maximum absolute atomic E-state index is 12.8. The zero-order valence-corrected chi connectivity index (χ0v) is 17.0. The third kappa shape index (κ3) is 3.90. The molecule has 0 aliphatic heterocycles. The number of primary amides is 1. The van der Waals surface area contributed by atoms with E-state index in [1.165, 1.54) is 25.0 Å². The summed E-state index contributed by atoms with van der Waals surface area (Å²) in [5, 5.41) is 0.746. The molecule has 30 heavy (non-hydrogen) atoms. The number of hydrogen-bond acceptors (Lipinski definition) is 2. The number of imidazole rings is 1. The SMILES string of the molecule is CCCC.Cn1cnc2c1c1cc(C(N)=O)ccc1n2-c1ccc(C(F)(F)F)cc1. The molecular formula is C22H23F3N4O. The number of alkyl halides is 3. The third-order valence-electron chi connectivity index (χ3n) is 4.86. The number of aromatic nitrogens is 3. The average molecular weight is 416 g/mol. The van der Waals surface area contributed by atoms with Crippen LogP contribution in [0.15, 0.2) is 48.8 Å². The van der Waals surface area contributed by atoms with E-state index in [-0.39, 0.29) is 0 Å². The number of halogens is 3. The lowest BCUT2D eigenvalue weighted by molar-refractivity contribution is -0.137. The molecule has 0 spiro atoms. The van der Waals surface area contributed by atoms with Crippen LogP contribution in [0, 0.1) is 0 Å². The van der Waals surface area contributed by atoms with Gasteiger partial charge in [-0.25, -0.2) is 4.98 Å². The number of unbranched alkanes of at least 4 members (excludes halogenated alkanes) is 1. The molecule has 0 saturated carbocycles. The van der Waals surface area contributed by atoms with Crippen molar-refractivity contribution >= 4 is 28.0 Å². The highest BCUT2D eigenvalue weighted by Gasteiger charge is 2.30. The number of nitrogens with two attached hydrogens (primary N) is 1. The van der Waals surface area contributed by atoms with E-state index in [2.05, 4.69) is 18.8 Å². The minimum atomic E-state index is -4.39. The van der Waals surface area contributed by atoms with Gasteiger partial charge in [-0.05, 0) is 42.5 Å². The molecule has 5 nitrogen and oxygen atoms in total. The first-order chi connectivity index (χ1) is 14.2. The molecule has 8 heteroatoms. The van der Waals surface area contributed by atoms with Crippen molar-refractivity contribution in [3.05, 3.63) is 59.9 Å². The van der Waals surface area contributed by atoms with Crippen molar-refractivity contribution in [2.24, 2.45) is 12.8 Å². The van der Waals surface area contributed by atoms with Gasteiger partial charge >= 0.3 is 6.18 Å². The van der Waals surface area contributed by atoms with Gasteiger partial charge < -0.3 is 10.3 Å². The molecule has 4 rings (SSSR count). The van der Waals surface area contributed by atoms with E-state index in [1.807, 2.05) is 7.05 Å². The fourth-order valence-electron chi connectivity index (χ4n) is 3.14. The Labute approximate surface area is 171 Å². The molecule has 0 fully saturated rings. The van der Waals surface area contributed by atoms with Gasteiger partial charge in [0, 0.05) is 23.7 Å². The van der Waals surface area contributed by atoms with Crippen LogP contribution in [-0.2, 0) is 13.2 Å². The fraction of sp³-hybridized carbons (Fsp3) is 0.273. The van der Waals surface area contributed by atoms with Crippen LogP contribution in [0.3, 0.4) is 0 Å². The van der Waals surface area contributed by atoms with Gasteiger partial charge in [-0.3, -0.25) is 9.36 Å². The summed E-state index contributed by atoms with van der Waals surface area (Å²) < 4.78 is 42.0. The van der Waals surface area contributed by atoms with Gasteiger partial charge in [0.05, 0.1) is 22.9 Å². The number of amides is 1. The molecule has 2 aromatic heterocycles. The van der Waals surface area contributed by atoms with Crippen molar-refractivity contribution in [2.75, 3.05) is 0 Å². The lowest BCUT2D eigenvalue weighted by Gasteiger charge is -2.10. The molecule has 0 atom stereocenters. The standard InChI is InChI=1S/C18H13F3N4O.C4H10/c1-24-9-23-17-15(24)13-8-10(16(22)26)2-7-14(13)25(17)12-5-3-11(4-6-12)18(19,20)21;1-3-4-2/h2-9H,1H3,(H2,22,26);3-4H2,1-2H3. The quantitative estimate of drug-likeness (QED) is 0.483. The van der Waals surface area contributed by atoms with Crippen LogP contribution in [0.2, 0.25) is 0 Å². The number of aryl methyl sites for hydroxylation is 1. The summed E-state index contributed by atoms with van der Waals surface area (Å²) in [4.78, 5) is 15.9. The molecule has 0 radical (unpaired) electrons. The molecule has 4 aromatic rings. The Hall–Kier alpha value is -3.29. The van der Waals surface area contributed by atoms with E-state index in [9.17, 15) is 18.0 Å². The van der Waals surface area contributed by atoms with E-state index in [1.54, 1.807) is 33.7 Å². The maximum atomic E-state index is 12.8. The number of fused-ring (bicyclic) bond motifs is 3. The Morgan fingerprint density at radius 2 is 1.70 bits per heavy atom. The number of carbonyl (C=O) groups is 1. The summed E-state index contributed by atoms with van der Waals surface area (Å²) in [7, 11) is 1.81. The minimum absolute atomic E-state index is 0.352. The van der Waals surface area contributed by atoms with Gasteiger partial charge in [0.2, 0.25) is 5.91 Å². The first-order valence-electron chi connectivity index (χ1n) is 9.62. The Morgan fingerprint density at radius 1 is 1.07 bits per heavy atom. The van der Waals surface area contributed by atoms with Gasteiger partial charge in [-0.1, -0.05) is 26.7 Å². The monoisotopic (exact) mass is 416 g/mol. The minimum Gasteiger partial charge on any atom is -0.366 e. The fourth-order valence-corrected chi connectivity index (χ4v) is 3.14. The summed E-state index contributed by atoms with van der Waals surface area (Å²) in [5.74, 6) is -0.551. The van der Waals surface area contributed by atoms with Gasteiger partial charge in [0.15, 0.2) is 5.65 Å². The summed E-state index contributed by atoms with van der Waals surface area (Å²) in [5.41, 5.74) is 7.62. The smallest absolute Gasteiger partial charge is 0.366 e. The normalized spacial score (nSPS) is 11.5. The molecule has 2 N–H and O–H groups in total. The third-order valence-corrected chi connectivity index (χ3v) is 4.86. The molecule has 2 aromatic carbocycles. The molecule has 0 bridgehead atoms. The summed E-state index contributed by atoms with van der Waals surface area (Å²) in [6.07, 6.45) is -0.143. The topological polar surface area (TPSA) is 65.8 Å². The largest absolute Gasteiger partial charge is 0.416 e. The first kappa shape index (κ1) is 21.4. The van der Waals surface area contributed by atoms with E-state index < -0.39 is 17.6 Å². The van der Waals surface area contributed by atoms with Crippen LogP contribution in [0.4, 0.5) is 13.2 Å². The highest BCUT2D eigenvalue weighted by molar-refractivity contribution is 6.09. The molecule has 0 aliphatic carbocycles. The van der Waals surface area contributed by atoms with Crippen molar-refractivity contribution in [3.63, 3.8) is 0 Å². The molecular weight excluding hydrogens is 393 g/mol. The van der Waals surface area contributed by atoms with Gasteiger partial charge in [-0.2, -0.15) is 13.2 Å². The molecule has 2 heterocycles. The lowest BCUT2D eigenvalue weighted by atomic mass is 10.1. The second kappa shape index (κ2) is 8.22. The number of carbonyl (C=O) groups excluding carboxylic acids is 1. The predicted octanol–water partition coefficient (Wildman–Crippen LogP) is 5.44. The number of benzene rings is 2. The van der Waals surface area contributed by atoms with Crippen LogP contribution >= 0.6 is 0 Å². The van der Waals surface area contributed by atoms with E-state index in [0.717, 1.165) is 28.6 Å². The van der Waals surface area contributed by atoms with Crippen LogP contribution in [0.5, 0.6) is 0 Å². The number of hydrogen-bond donors (Lipinski definition) is 1. The Balaban J connectivity index is 0.000000589. The van der Waals surface area contributed by atoms with Crippen LogP contribution < -0.4 is 5.73 Å². The summed E-state index contributed by atoms with van der Waals surface area (Å²) in [6, 6.07) is 9.85. The van der Waals surface area contributed by atoms with Gasteiger partial charge in [-0.15, -0.1) is 0 Å². The zero-order chi connectivity index (χ0) is 22.1. The van der Waals surface area contributed by atoms with E-state index >= 15 is 0 Å². The first-order valence-corrected chi connectivity index (χ1v) is 9.62. The number of nitrogens with zero attached hydrogens (tertiary/aromatic N) is 3. The molecule has 0 unspecified atom stereocenters. The van der Waals surface area contributed by atoms with Crippen molar-refractivity contribution in [1.29, 1.82) is 0 Å². The van der Waals surface area contributed by atoms with Crippen LogP contribution in [0.25, 0.3) is 27.8 Å². The molecule has 0 aliphatic rings. The van der Waals surface area contributed by atoms with E-state index in [0.29, 0.717) is 16.9 Å².